The van der Waals surface area contributed by atoms with Crippen molar-refractivity contribution in [1.82, 2.24) is 31.9 Å². The molecule has 0 bridgehead atoms. The highest BCUT2D eigenvalue weighted by Crippen LogP contribution is 2.21. The van der Waals surface area contributed by atoms with Crippen molar-refractivity contribution in [2.75, 3.05) is 37.1 Å². The molecule has 7 amide bonds. The molecule has 25 heteroatoms. The van der Waals surface area contributed by atoms with E-state index in [0.717, 1.165) is 0 Å². The molecule has 0 radical (unpaired) electrons. The fraction of sp³-hybridized carbons (Fsp3) is 0.543. The van der Waals surface area contributed by atoms with Crippen molar-refractivity contribution in [1.29, 1.82) is 0 Å². The average molecular weight is 890 g/mol. The maximum atomic E-state index is 13.1. The maximum absolute atomic E-state index is 13.1. The third-order valence-electron chi connectivity index (χ3n) is 7.84. The highest BCUT2D eigenvalue weighted by atomic mass is 33.1. The molecule has 0 spiro atoms. The molecule has 0 fully saturated rings. The van der Waals surface area contributed by atoms with E-state index in [9.17, 15) is 63.3 Å². The number of carbonyl (C=O) groups is 10. The van der Waals surface area contributed by atoms with Gasteiger partial charge in [0, 0.05) is 43.3 Å². The van der Waals surface area contributed by atoms with Gasteiger partial charge in [0.1, 0.15) is 24.2 Å². The van der Waals surface area contributed by atoms with Crippen molar-refractivity contribution in [2.45, 2.75) is 88.5 Å². The number of benzene rings is 1. The fourth-order valence-corrected chi connectivity index (χ4v) is 7.07. The summed E-state index contributed by atoms with van der Waals surface area (Å²) in [5.41, 5.74) is 0.710. The van der Waals surface area contributed by atoms with Crippen molar-refractivity contribution < 1.29 is 78.2 Å². The minimum atomic E-state index is -1.66. The second-order valence-electron chi connectivity index (χ2n) is 13.0. The predicted molar refractivity (Wildman–Crippen MR) is 215 cm³/mol. The number of urea groups is 2. The molecule has 1 aromatic carbocycles. The Morgan fingerprint density at radius 2 is 1.22 bits per heavy atom. The second kappa shape index (κ2) is 28.6. The third kappa shape index (κ3) is 23.6. The lowest BCUT2D eigenvalue weighted by Crippen LogP contribution is -2.56. The molecule has 334 valence electrons. The largest absolute Gasteiger partial charge is 0.481 e. The molecule has 23 nitrogen and oxygen atoms in total. The number of hydrogen-bond acceptors (Lipinski definition) is 13. The number of anilines is 1. The zero-order valence-electron chi connectivity index (χ0n) is 32.7. The summed E-state index contributed by atoms with van der Waals surface area (Å²) in [6.45, 7) is 2.32. The Kier molecular flexibility index (Phi) is 24.9. The molecule has 0 unspecified atom stereocenters. The molecule has 0 heterocycles. The third-order valence-corrected chi connectivity index (χ3v) is 10.4. The molecule has 60 heavy (non-hydrogen) atoms. The van der Waals surface area contributed by atoms with Crippen molar-refractivity contribution in [3.8, 4) is 0 Å². The fourth-order valence-electron chi connectivity index (χ4n) is 4.88. The first-order valence-electron chi connectivity index (χ1n) is 18.3. The van der Waals surface area contributed by atoms with E-state index in [-0.39, 0.29) is 32.2 Å². The van der Waals surface area contributed by atoms with Crippen LogP contribution in [0.4, 0.5) is 15.3 Å². The number of carboxylic acid groups (broad SMARTS) is 5. The van der Waals surface area contributed by atoms with E-state index in [1.807, 2.05) is 5.32 Å². The van der Waals surface area contributed by atoms with Crippen LogP contribution in [0.5, 0.6) is 0 Å². The molecule has 0 aliphatic heterocycles. The predicted octanol–water partition coefficient (Wildman–Crippen LogP) is 0.0428. The van der Waals surface area contributed by atoms with Crippen LogP contribution in [0.15, 0.2) is 24.3 Å². The van der Waals surface area contributed by atoms with Gasteiger partial charge < -0.3 is 67.5 Å². The van der Waals surface area contributed by atoms with Gasteiger partial charge in [0.25, 0.3) is 0 Å². The molecular weight excluding hydrogens is 839 g/mol. The number of unbranched alkanes of at least 4 members (excludes halogenated alkanes) is 1. The number of nitrogens with one attached hydrogen (secondary N) is 7. The van der Waals surface area contributed by atoms with Crippen LogP contribution in [0.1, 0.15) is 57.4 Å². The number of carbonyl (C=O) groups excluding carboxylic acids is 5. The quantitative estimate of drug-likeness (QED) is 0.0358. The average Bonchev–Trinajstić information content (AvgIpc) is 3.15. The summed E-state index contributed by atoms with van der Waals surface area (Å²) >= 11 is 0. The second-order valence-corrected chi connectivity index (χ2v) is 15.6. The molecule has 0 saturated heterocycles. The SMILES string of the molecule is COCCSSC[C@@H](C)NC(=O)[C@H](CC(=O)O)NC(=O)[C@H](CC(=O)O)NC(=O)Cc1ccc(NC(=O)NCCCC[C@H](NC(=O)N[C@@H](CCC(=O)O)C(=O)O)C(=O)O)cc1. The van der Waals surface area contributed by atoms with Gasteiger partial charge in [-0.1, -0.05) is 33.7 Å². The van der Waals surface area contributed by atoms with Crippen molar-refractivity contribution >= 4 is 86.9 Å². The van der Waals surface area contributed by atoms with Crippen LogP contribution in [-0.4, -0.2) is 147 Å². The number of hydrogen-bond donors (Lipinski definition) is 12. The lowest BCUT2D eigenvalue weighted by atomic mass is 10.1. The van der Waals surface area contributed by atoms with E-state index in [0.29, 0.717) is 29.4 Å². The Balaban J connectivity index is 2.65. The molecule has 1 aromatic rings. The minimum absolute atomic E-state index is 0.0766. The van der Waals surface area contributed by atoms with Crippen LogP contribution < -0.4 is 37.2 Å². The molecule has 0 aromatic heterocycles. The number of amides is 7. The Hall–Kier alpha value is -5.82. The van der Waals surface area contributed by atoms with Gasteiger partial charge in [0.15, 0.2) is 0 Å². The van der Waals surface area contributed by atoms with Gasteiger partial charge in [-0.05, 0) is 50.3 Å². The first-order valence-corrected chi connectivity index (χ1v) is 20.7. The normalized spacial score (nSPS) is 13.2. The van der Waals surface area contributed by atoms with Crippen LogP contribution in [-0.2, 0) is 49.5 Å². The first-order chi connectivity index (χ1) is 28.3. The van der Waals surface area contributed by atoms with Gasteiger partial charge in [-0.2, -0.15) is 0 Å². The summed E-state index contributed by atoms with van der Waals surface area (Å²) in [6.07, 6.45) is -2.53. The van der Waals surface area contributed by atoms with E-state index in [4.69, 9.17) is 14.9 Å². The summed E-state index contributed by atoms with van der Waals surface area (Å²) < 4.78 is 4.97. The minimum Gasteiger partial charge on any atom is -0.481 e. The zero-order valence-corrected chi connectivity index (χ0v) is 34.4. The topological polar surface area (TPSA) is 365 Å². The smallest absolute Gasteiger partial charge is 0.326 e. The van der Waals surface area contributed by atoms with E-state index in [2.05, 4.69) is 31.9 Å². The van der Waals surface area contributed by atoms with Crippen LogP contribution in [0, 0.1) is 0 Å². The summed E-state index contributed by atoms with van der Waals surface area (Å²) in [5.74, 6) is -8.52. The Morgan fingerprint density at radius 3 is 1.77 bits per heavy atom. The molecule has 0 aliphatic carbocycles. The highest BCUT2D eigenvalue weighted by molar-refractivity contribution is 8.76. The van der Waals surface area contributed by atoms with Crippen molar-refractivity contribution in [2.24, 2.45) is 0 Å². The number of aliphatic carboxylic acids is 5. The standard InChI is InChI=1S/C35H51N7O16S2/c1-19(18-60-59-14-13-58-2)37-30(50)25(17-29(48)49)40-31(51)24(16-28(46)47)39-26(43)15-20-6-8-21(9-7-20)38-34(56)36-12-4-3-5-22(32(52)53)41-35(57)42-23(33(54)55)10-11-27(44)45/h6-9,19,22-25H,3-5,10-18H2,1-2H3,(H,37,50)(H,39,43)(H,40,51)(H,44,45)(H,46,47)(H,48,49)(H,52,53)(H,54,55)(H2,36,38,56)(H2,41,42,57)/t19-,22+,23+,24+,25+/m1/s1. The lowest BCUT2D eigenvalue weighted by Gasteiger charge is -2.23. The first kappa shape index (κ1) is 52.2. The van der Waals surface area contributed by atoms with Gasteiger partial charge in [0.05, 0.1) is 25.9 Å². The van der Waals surface area contributed by atoms with Crippen molar-refractivity contribution in [3.05, 3.63) is 29.8 Å². The summed E-state index contributed by atoms with van der Waals surface area (Å²) in [7, 11) is 4.53. The van der Waals surface area contributed by atoms with E-state index in [1.54, 1.807) is 14.0 Å². The van der Waals surface area contributed by atoms with Gasteiger partial charge in [-0.3, -0.25) is 28.8 Å². The summed E-state index contributed by atoms with van der Waals surface area (Å²) in [4.78, 5) is 120. The summed E-state index contributed by atoms with van der Waals surface area (Å²) in [5, 5.41) is 62.5. The number of carboxylic acids is 5. The summed E-state index contributed by atoms with van der Waals surface area (Å²) in [6, 6.07) is -2.45. The van der Waals surface area contributed by atoms with E-state index < -0.39 is 116 Å². The Labute approximate surface area is 351 Å². The molecule has 12 N–H and O–H groups in total. The molecule has 1 rings (SSSR count). The van der Waals surface area contributed by atoms with Crippen LogP contribution in [0.25, 0.3) is 0 Å². The monoisotopic (exact) mass is 889 g/mol. The molecule has 0 saturated carbocycles. The van der Waals surface area contributed by atoms with E-state index in [1.165, 1.54) is 45.9 Å². The molecule has 5 atom stereocenters. The maximum Gasteiger partial charge on any atom is 0.326 e. The Morgan fingerprint density at radius 1 is 0.650 bits per heavy atom. The van der Waals surface area contributed by atoms with Gasteiger partial charge >= 0.3 is 41.9 Å². The lowest BCUT2D eigenvalue weighted by molar-refractivity contribution is -0.143. The Bertz CT molecular complexity index is 1650. The van der Waals surface area contributed by atoms with E-state index >= 15 is 0 Å². The van der Waals surface area contributed by atoms with Gasteiger partial charge in [0.2, 0.25) is 17.7 Å². The molecule has 0 aliphatic rings. The van der Waals surface area contributed by atoms with Crippen LogP contribution in [0.2, 0.25) is 0 Å². The van der Waals surface area contributed by atoms with Gasteiger partial charge in [-0.15, -0.1) is 0 Å². The number of rotatable bonds is 30. The number of methoxy groups -OCH3 is 1. The van der Waals surface area contributed by atoms with Gasteiger partial charge in [-0.25, -0.2) is 19.2 Å². The van der Waals surface area contributed by atoms with Crippen LogP contribution in [0.3, 0.4) is 0 Å². The highest BCUT2D eigenvalue weighted by Gasteiger charge is 2.31. The van der Waals surface area contributed by atoms with Crippen molar-refractivity contribution in [3.63, 3.8) is 0 Å². The van der Waals surface area contributed by atoms with Crippen LogP contribution >= 0.6 is 21.6 Å². The number of ether oxygens (including phenoxy) is 1. The zero-order chi connectivity index (χ0) is 45.2. The molecular formula is C35H51N7O16S2.